The Morgan fingerprint density at radius 1 is 0.885 bits per heavy atom. The molecule has 0 unspecified atom stereocenters. The van der Waals surface area contributed by atoms with Crippen molar-refractivity contribution >= 4 is 9.52 Å². The van der Waals surface area contributed by atoms with Gasteiger partial charge in [0.1, 0.15) is 0 Å². The molecular weight excluding hydrogens is 422 g/mol. The van der Waals surface area contributed by atoms with E-state index < -0.39 is 0 Å². The Balaban J connectivity index is -0.000000131. The number of hydrogen-bond donors (Lipinski definition) is 0. The third-order valence-electron chi connectivity index (χ3n) is 3.73. The molecule has 3 aliphatic rings. The van der Waals surface area contributed by atoms with E-state index in [-0.39, 0.29) is 41.0 Å². The van der Waals surface area contributed by atoms with Crippen LogP contribution in [0.1, 0.15) is 47.5 Å². The zero-order chi connectivity index (χ0) is 17.7. The molecule has 0 saturated heterocycles. The van der Waals surface area contributed by atoms with Crippen LogP contribution < -0.4 is 0 Å². The van der Waals surface area contributed by atoms with E-state index in [1.54, 1.807) is 0 Å². The van der Waals surface area contributed by atoms with Crippen LogP contribution in [0.5, 0.6) is 0 Å². The number of allylic oxidation sites excluding steroid dienone is 12. The summed E-state index contributed by atoms with van der Waals surface area (Å²) in [5.74, 6) is 0. The van der Waals surface area contributed by atoms with Gasteiger partial charge in [-0.25, -0.2) is 29.9 Å². The Morgan fingerprint density at radius 2 is 1.27 bits per heavy atom. The molecular formula is C22H34F2SiZr. The van der Waals surface area contributed by atoms with E-state index in [0.717, 1.165) is 22.4 Å². The minimum atomic E-state index is 0. The third kappa shape index (κ3) is 14.6. The van der Waals surface area contributed by atoms with Crippen molar-refractivity contribution in [1.82, 2.24) is 0 Å². The van der Waals surface area contributed by atoms with Crippen LogP contribution in [0.2, 0.25) is 13.1 Å². The van der Waals surface area contributed by atoms with E-state index in [9.17, 15) is 0 Å². The van der Waals surface area contributed by atoms with Crippen molar-refractivity contribution in [2.45, 2.75) is 60.6 Å². The van der Waals surface area contributed by atoms with Crippen molar-refractivity contribution in [2.24, 2.45) is 5.41 Å². The first kappa shape index (κ1) is 33.0. The van der Waals surface area contributed by atoms with Crippen LogP contribution in [0.25, 0.3) is 0 Å². The van der Waals surface area contributed by atoms with Gasteiger partial charge in [0.05, 0.1) is 0 Å². The normalized spacial score (nSPS) is 16.5. The Kier molecular flexibility index (Phi) is 24.3. The van der Waals surface area contributed by atoms with Crippen molar-refractivity contribution in [3.8, 4) is 0 Å². The van der Waals surface area contributed by atoms with Gasteiger partial charge >= 0.3 is 26.2 Å². The summed E-state index contributed by atoms with van der Waals surface area (Å²) in [4.78, 5) is 0. The zero-order valence-corrected chi connectivity index (χ0v) is 20.9. The molecule has 3 rings (SSSR count). The van der Waals surface area contributed by atoms with Crippen LogP contribution in [0, 0.1) is 23.6 Å². The molecule has 0 amide bonds. The van der Waals surface area contributed by atoms with Gasteiger partial charge in [-0.2, -0.15) is 23.3 Å². The average Bonchev–Trinajstić information content (AvgIpc) is 3.24. The Bertz CT molecular complexity index is 482. The summed E-state index contributed by atoms with van der Waals surface area (Å²) < 4.78 is 0. The maximum absolute atomic E-state index is 3.44. The summed E-state index contributed by atoms with van der Waals surface area (Å²) in [5.41, 5.74) is 4.39. The van der Waals surface area contributed by atoms with Crippen molar-refractivity contribution in [2.75, 3.05) is 0 Å². The van der Waals surface area contributed by atoms with Crippen molar-refractivity contribution in [1.29, 1.82) is 0 Å². The molecule has 144 valence electrons. The zero-order valence-electron chi connectivity index (χ0n) is 17.3. The van der Waals surface area contributed by atoms with E-state index in [2.05, 4.69) is 78.1 Å². The van der Waals surface area contributed by atoms with E-state index in [4.69, 9.17) is 0 Å². The van der Waals surface area contributed by atoms with Crippen LogP contribution in [0.15, 0.2) is 53.2 Å². The number of rotatable bonds is 0. The van der Waals surface area contributed by atoms with Gasteiger partial charge in [0.15, 0.2) is 0 Å². The molecule has 0 saturated carbocycles. The van der Waals surface area contributed by atoms with E-state index in [0.29, 0.717) is 0 Å². The molecule has 0 aromatic carbocycles. The van der Waals surface area contributed by atoms with Gasteiger partial charge in [-0.15, -0.1) is 19.8 Å². The molecule has 0 aromatic heterocycles. The summed E-state index contributed by atoms with van der Waals surface area (Å²) in [6.45, 7) is 15.3. The van der Waals surface area contributed by atoms with E-state index >= 15 is 0 Å². The van der Waals surface area contributed by atoms with Gasteiger partial charge in [0.25, 0.3) is 0 Å². The first-order chi connectivity index (χ1) is 10.9. The summed E-state index contributed by atoms with van der Waals surface area (Å²) in [5, 5.41) is 0. The van der Waals surface area contributed by atoms with Gasteiger partial charge in [-0.3, -0.25) is 27.6 Å². The second-order valence-corrected chi connectivity index (χ2v) is 7.36. The van der Waals surface area contributed by atoms with E-state index in [1.807, 2.05) is 24.3 Å². The molecule has 0 aliphatic heterocycles. The number of hydrogen-bond acceptors (Lipinski definition) is 0. The quantitative estimate of drug-likeness (QED) is 0.287. The smallest absolute Gasteiger partial charge is 0.273 e. The van der Waals surface area contributed by atoms with Crippen LogP contribution in [-0.2, 0) is 26.2 Å². The molecule has 0 fully saturated rings. The van der Waals surface area contributed by atoms with Crippen LogP contribution in [-0.4, -0.2) is 9.52 Å². The number of halogens is 2. The fourth-order valence-electron chi connectivity index (χ4n) is 2.09. The van der Waals surface area contributed by atoms with Gasteiger partial charge < -0.3 is 0 Å². The molecule has 0 bridgehead atoms. The molecule has 26 heavy (non-hydrogen) atoms. The van der Waals surface area contributed by atoms with Crippen molar-refractivity contribution in [3.63, 3.8) is 0 Å². The van der Waals surface area contributed by atoms with Crippen molar-refractivity contribution in [3.05, 3.63) is 71.4 Å². The second kappa shape index (κ2) is 19.2. The Morgan fingerprint density at radius 3 is 1.35 bits per heavy atom. The average molecular weight is 456 g/mol. The van der Waals surface area contributed by atoms with Crippen molar-refractivity contribution < 1.29 is 35.6 Å². The standard InChI is InChI=1S/C10H15.2C5H5.C2H7Si.2FH.Zr/c1-7-6-10(4,5)9(3)8(7)2;2*1-2-4-5-3-1;1-3-2;;;/h1-5H3;2*1-3H,4H2;3H,1-2H3;2*1H;/q3*-1;;;;+3. The molecule has 3 aliphatic carbocycles. The van der Waals surface area contributed by atoms with Crippen LogP contribution in [0.3, 0.4) is 0 Å². The molecule has 0 aromatic rings. The second-order valence-electron chi connectivity index (χ2n) is 6.21. The molecule has 0 spiro atoms. The predicted molar refractivity (Wildman–Crippen MR) is 112 cm³/mol. The van der Waals surface area contributed by atoms with Gasteiger partial charge in [0, 0.05) is 9.52 Å². The molecule has 0 atom stereocenters. The van der Waals surface area contributed by atoms with E-state index in [1.165, 1.54) is 16.7 Å². The molecule has 0 N–H and O–H groups in total. The Labute approximate surface area is 182 Å². The topological polar surface area (TPSA) is 0 Å². The van der Waals surface area contributed by atoms with Crippen LogP contribution >= 0.6 is 0 Å². The molecule has 4 heteroatoms. The largest absolute Gasteiger partial charge is 3.00 e. The first-order valence-electron chi connectivity index (χ1n) is 8.34. The van der Waals surface area contributed by atoms with Crippen LogP contribution in [0.4, 0.5) is 9.41 Å². The van der Waals surface area contributed by atoms with Gasteiger partial charge in [-0.1, -0.05) is 46.2 Å². The van der Waals surface area contributed by atoms with Gasteiger partial charge in [0.2, 0.25) is 0 Å². The predicted octanol–water partition coefficient (Wildman–Crippen LogP) is 6.55. The molecule has 0 nitrogen and oxygen atoms in total. The fraction of sp³-hybridized carbons (Fsp3) is 0.455. The summed E-state index contributed by atoms with van der Waals surface area (Å²) >= 11 is 0. The maximum atomic E-state index is 3.44. The minimum Gasteiger partial charge on any atom is -0.273 e. The summed E-state index contributed by atoms with van der Waals surface area (Å²) in [7, 11) is 0.750. The maximum Gasteiger partial charge on any atom is 3.00 e. The minimum absolute atomic E-state index is 0. The SMILES string of the molecule is CC1=[C-]C(C)(C)C(C)=C1C.C[SiH]C.F.F.[C-]1=CC=CC1.[C-]1=CC=CC1.[Zr+3]. The molecule has 2 radical (unpaired) electrons. The summed E-state index contributed by atoms with van der Waals surface area (Å²) in [6.07, 6.45) is 23.4. The summed E-state index contributed by atoms with van der Waals surface area (Å²) in [6, 6.07) is 0. The first-order valence-corrected chi connectivity index (χ1v) is 10.6. The third-order valence-corrected chi connectivity index (χ3v) is 3.73. The fourth-order valence-corrected chi connectivity index (χ4v) is 2.09. The molecule has 0 heterocycles. The van der Waals surface area contributed by atoms with Gasteiger partial charge in [-0.05, 0) is 0 Å². The Hall–Kier alpha value is -0.600. The monoisotopic (exact) mass is 454 g/mol.